The molecule has 0 saturated carbocycles. The van der Waals surface area contributed by atoms with Gasteiger partial charge in [-0.05, 0) is 17.1 Å². The van der Waals surface area contributed by atoms with Gasteiger partial charge in [0.1, 0.15) is 0 Å². The molecule has 0 radical (unpaired) electrons. The fourth-order valence-corrected chi connectivity index (χ4v) is 1.85. The molecule has 2 rings (SSSR count). The van der Waals surface area contributed by atoms with Gasteiger partial charge in [0.05, 0.1) is 11.8 Å². The minimum absolute atomic E-state index is 0.0866. The van der Waals surface area contributed by atoms with Gasteiger partial charge in [0, 0.05) is 11.9 Å². The smallest absolute Gasteiger partial charge is 0.254 e. The number of benzene rings is 1. The van der Waals surface area contributed by atoms with Gasteiger partial charge in [-0.2, -0.15) is 0 Å². The van der Waals surface area contributed by atoms with E-state index < -0.39 is 0 Å². The highest BCUT2D eigenvalue weighted by atomic mass is 32.1. The summed E-state index contributed by atoms with van der Waals surface area (Å²) in [6, 6.07) is 9.97. The maximum Gasteiger partial charge on any atom is 0.254 e. The summed E-state index contributed by atoms with van der Waals surface area (Å²) in [5.74, 6) is -0.0866. The molecule has 17 heavy (non-hydrogen) atoms. The monoisotopic (exact) mass is 244 g/mol. The van der Waals surface area contributed by atoms with Gasteiger partial charge in [-0.15, -0.1) is 0 Å². The molecule has 0 spiro atoms. The van der Waals surface area contributed by atoms with Gasteiger partial charge in [0.15, 0.2) is 0 Å². The van der Waals surface area contributed by atoms with Crippen molar-refractivity contribution in [1.82, 2.24) is 9.69 Å². The van der Waals surface area contributed by atoms with E-state index in [1.54, 1.807) is 11.6 Å². The number of carbonyl (C=O) groups excluding carboxylic acids is 1. The lowest BCUT2D eigenvalue weighted by Gasteiger charge is -1.98. The number of hydrogen-bond donors (Lipinski definition) is 1. The van der Waals surface area contributed by atoms with Gasteiger partial charge >= 0.3 is 0 Å². The summed E-state index contributed by atoms with van der Waals surface area (Å²) < 4.78 is 3.88. The van der Waals surface area contributed by atoms with Crippen molar-refractivity contribution in [3.8, 4) is 0 Å². The van der Waals surface area contributed by atoms with Crippen LogP contribution in [0.5, 0.6) is 0 Å². The first-order valence-corrected chi connectivity index (χ1v) is 6.09. The molecule has 0 aliphatic heterocycles. The van der Waals surface area contributed by atoms with Crippen LogP contribution in [-0.2, 0) is 0 Å². The SMILES string of the molecule is O=C(NCC=Cc1ccccc1)c1cnsc1. The van der Waals surface area contributed by atoms with Crippen molar-refractivity contribution in [1.29, 1.82) is 0 Å². The standard InChI is InChI=1S/C13H12N2OS/c16-13(12-9-15-17-10-12)14-8-4-7-11-5-2-1-3-6-11/h1-7,9-10H,8H2,(H,14,16). The largest absolute Gasteiger partial charge is 0.348 e. The minimum atomic E-state index is -0.0866. The lowest BCUT2D eigenvalue weighted by molar-refractivity contribution is 0.0958. The molecule has 86 valence electrons. The molecule has 1 aromatic heterocycles. The second-order valence-corrected chi connectivity index (χ2v) is 4.09. The highest BCUT2D eigenvalue weighted by molar-refractivity contribution is 7.03. The van der Waals surface area contributed by atoms with E-state index in [2.05, 4.69) is 9.69 Å². The highest BCUT2D eigenvalue weighted by Gasteiger charge is 2.03. The average molecular weight is 244 g/mol. The number of aromatic nitrogens is 1. The van der Waals surface area contributed by atoms with Gasteiger partial charge in [-0.1, -0.05) is 42.5 Å². The average Bonchev–Trinajstić information content (AvgIpc) is 2.89. The van der Waals surface area contributed by atoms with E-state index >= 15 is 0 Å². The van der Waals surface area contributed by atoms with Crippen LogP contribution in [0.3, 0.4) is 0 Å². The zero-order chi connectivity index (χ0) is 11.9. The van der Waals surface area contributed by atoms with Crippen molar-refractivity contribution in [3.05, 3.63) is 59.1 Å². The summed E-state index contributed by atoms with van der Waals surface area (Å²) in [7, 11) is 0. The first-order valence-electron chi connectivity index (χ1n) is 5.25. The molecule has 1 aromatic carbocycles. The summed E-state index contributed by atoms with van der Waals surface area (Å²) in [4.78, 5) is 11.5. The summed E-state index contributed by atoms with van der Waals surface area (Å²) >= 11 is 1.28. The Kier molecular flexibility index (Phi) is 4.05. The van der Waals surface area contributed by atoms with Crippen molar-refractivity contribution in [2.75, 3.05) is 6.54 Å². The quantitative estimate of drug-likeness (QED) is 0.898. The molecule has 1 amide bonds. The third kappa shape index (κ3) is 3.53. The Morgan fingerprint density at radius 2 is 2.18 bits per heavy atom. The van der Waals surface area contributed by atoms with E-state index in [1.165, 1.54) is 11.5 Å². The van der Waals surface area contributed by atoms with Crippen LogP contribution in [0, 0.1) is 0 Å². The fraction of sp³-hybridized carbons (Fsp3) is 0.0769. The first kappa shape index (κ1) is 11.5. The van der Waals surface area contributed by atoms with E-state index in [-0.39, 0.29) is 5.91 Å². The number of amides is 1. The Labute approximate surface area is 104 Å². The Balaban J connectivity index is 1.80. The van der Waals surface area contributed by atoms with Crippen molar-refractivity contribution >= 4 is 23.5 Å². The maximum atomic E-state index is 11.5. The molecule has 2 aromatic rings. The Morgan fingerprint density at radius 3 is 2.88 bits per heavy atom. The third-order valence-electron chi connectivity index (χ3n) is 2.18. The highest BCUT2D eigenvalue weighted by Crippen LogP contribution is 2.02. The number of carbonyl (C=O) groups is 1. The van der Waals surface area contributed by atoms with Crippen molar-refractivity contribution in [3.63, 3.8) is 0 Å². The van der Waals surface area contributed by atoms with E-state index in [0.717, 1.165) is 5.56 Å². The zero-order valence-electron chi connectivity index (χ0n) is 9.17. The molecule has 0 unspecified atom stereocenters. The van der Waals surface area contributed by atoms with Crippen LogP contribution in [-0.4, -0.2) is 16.8 Å². The van der Waals surface area contributed by atoms with E-state index in [1.807, 2.05) is 42.5 Å². The summed E-state index contributed by atoms with van der Waals surface area (Å²) in [6.45, 7) is 0.517. The van der Waals surface area contributed by atoms with Gasteiger partial charge in [0.2, 0.25) is 0 Å². The van der Waals surface area contributed by atoms with E-state index in [0.29, 0.717) is 12.1 Å². The molecule has 0 aliphatic carbocycles. The predicted octanol–water partition coefficient (Wildman–Crippen LogP) is 2.59. The Hall–Kier alpha value is -1.94. The molecule has 0 saturated heterocycles. The summed E-state index contributed by atoms with van der Waals surface area (Å²) in [5, 5.41) is 4.53. The second-order valence-electron chi connectivity index (χ2n) is 3.44. The normalized spacial score (nSPS) is 10.6. The predicted molar refractivity (Wildman–Crippen MR) is 69.9 cm³/mol. The molecule has 1 N–H and O–H groups in total. The van der Waals surface area contributed by atoms with Crippen molar-refractivity contribution in [2.24, 2.45) is 0 Å². The Bertz CT molecular complexity index is 491. The summed E-state index contributed by atoms with van der Waals surface area (Å²) in [5.41, 5.74) is 1.74. The van der Waals surface area contributed by atoms with Crippen molar-refractivity contribution < 1.29 is 4.79 Å². The maximum absolute atomic E-state index is 11.5. The number of rotatable bonds is 4. The lowest BCUT2D eigenvalue weighted by atomic mass is 10.2. The van der Waals surface area contributed by atoms with Crippen LogP contribution in [0.15, 0.2) is 48.0 Å². The topological polar surface area (TPSA) is 42.0 Å². The van der Waals surface area contributed by atoms with Crippen molar-refractivity contribution in [2.45, 2.75) is 0 Å². The van der Waals surface area contributed by atoms with Gasteiger partial charge < -0.3 is 5.32 Å². The number of nitrogens with zero attached hydrogens (tertiary/aromatic N) is 1. The van der Waals surface area contributed by atoms with Crippen LogP contribution in [0.25, 0.3) is 6.08 Å². The van der Waals surface area contributed by atoms with Crippen LogP contribution in [0.2, 0.25) is 0 Å². The summed E-state index contributed by atoms with van der Waals surface area (Å²) in [6.07, 6.45) is 5.47. The Morgan fingerprint density at radius 1 is 1.35 bits per heavy atom. The molecular weight excluding hydrogens is 232 g/mol. The van der Waals surface area contributed by atoms with Gasteiger partial charge in [-0.3, -0.25) is 4.79 Å². The molecule has 4 heteroatoms. The van der Waals surface area contributed by atoms with Crippen LogP contribution in [0.4, 0.5) is 0 Å². The lowest BCUT2D eigenvalue weighted by Crippen LogP contribution is -2.22. The van der Waals surface area contributed by atoms with Crippen LogP contribution < -0.4 is 5.32 Å². The molecule has 3 nitrogen and oxygen atoms in total. The zero-order valence-corrected chi connectivity index (χ0v) is 9.98. The van der Waals surface area contributed by atoms with Crippen LogP contribution in [0.1, 0.15) is 15.9 Å². The number of nitrogens with one attached hydrogen (secondary N) is 1. The molecule has 0 bridgehead atoms. The second kappa shape index (κ2) is 5.96. The molecule has 0 fully saturated rings. The fourth-order valence-electron chi connectivity index (χ4n) is 1.33. The van der Waals surface area contributed by atoms with E-state index in [9.17, 15) is 4.79 Å². The number of hydrogen-bond acceptors (Lipinski definition) is 3. The molecule has 0 atom stereocenters. The molecular formula is C13H12N2OS. The molecule has 0 aliphatic rings. The van der Waals surface area contributed by atoms with Crippen LogP contribution >= 0.6 is 11.5 Å². The third-order valence-corrected chi connectivity index (χ3v) is 2.77. The molecule has 1 heterocycles. The van der Waals surface area contributed by atoms with Gasteiger partial charge in [-0.25, -0.2) is 4.37 Å². The van der Waals surface area contributed by atoms with E-state index in [4.69, 9.17) is 0 Å². The first-order chi connectivity index (χ1) is 8.36. The van der Waals surface area contributed by atoms with Gasteiger partial charge in [0.25, 0.3) is 5.91 Å². The minimum Gasteiger partial charge on any atom is -0.348 e.